The van der Waals surface area contributed by atoms with Gasteiger partial charge in [0.05, 0.1) is 0 Å². The highest BCUT2D eigenvalue weighted by Crippen LogP contribution is 1.80. The number of hydrogen-bond donors (Lipinski definition) is 5. The fourth-order valence-corrected chi connectivity index (χ4v) is 0.363. The van der Waals surface area contributed by atoms with E-state index < -0.39 is 18.0 Å². The monoisotopic (exact) mass is 224 g/mol. The van der Waals surface area contributed by atoms with Gasteiger partial charge in [-0.3, -0.25) is 14.4 Å². The van der Waals surface area contributed by atoms with Crippen molar-refractivity contribution in [1.82, 2.24) is 5.32 Å². The highest BCUT2D eigenvalue weighted by atomic mass is 32.1. The Bertz CT molecular complexity index is 199. The molecule has 0 saturated heterocycles. The van der Waals surface area contributed by atoms with E-state index in [2.05, 4.69) is 12.6 Å². The summed E-state index contributed by atoms with van der Waals surface area (Å²) in [6.07, 6.45) is 0.341. The Hall–Kier alpha value is -1.28. The predicted octanol–water partition coefficient (Wildman–Crippen LogP) is -1.85. The van der Waals surface area contributed by atoms with Gasteiger partial charge in [0.15, 0.2) is 0 Å². The molecule has 14 heavy (non-hydrogen) atoms. The zero-order chi connectivity index (χ0) is 11.6. The largest absolute Gasteiger partial charge is 0.480 e. The minimum Gasteiger partial charge on any atom is -0.480 e. The molecular formula is C6H12N2O5S. The molecule has 0 fully saturated rings. The van der Waals surface area contributed by atoms with Crippen LogP contribution in [0, 0.1) is 0 Å². The average molecular weight is 224 g/mol. The number of amides is 1. The van der Waals surface area contributed by atoms with Crippen LogP contribution in [-0.4, -0.2) is 46.9 Å². The highest BCUT2D eigenvalue weighted by molar-refractivity contribution is 7.80. The predicted molar refractivity (Wildman–Crippen MR) is 51.2 cm³/mol. The Balaban J connectivity index is 0. The van der Waals surface area contributed by atoms with Crippen molar-refractivity contribution in [3.05, 3.63) is 0 Å². The molecule has 1 unspecified atom stereocenters. The molecule has 0 aliphatic heterocycles. The molecule has 1 atom stereocenters. The Labute approximate surface area is 85.7 Å². The molecule has 0 aliphatic carbocycles. The van der Waals surface area contributed by atoms with E-state index in [1.165, 1.54) is 0 Å². The maximum Gasteiger partial charge on any atom is 0.322 e. The highest BCUT2D eigenvalue weighted by Gasteiger charge is 2.06. The van der Waals surface area contributed by atoms with Gasteiger partial charge in [-0.25, -0.2) is 0 Å². The van der Waals surface area contributed by atoms with E-state index in [1.807, 2.05) is 5.32 Å². The molecule has 0 spiro atoms. The molecule has 0 aromatic carbocycles. The van der Waals surface area contributed by atoms with Crippen LogP contribution < -0.4 is 11.1 Å². The lowest BCUT2D eigenvalue weighted by Crippen LogP contribution is -2.31. The number of carboxylic acids is 2. The summed E-state index contributed by atoms with van der Waals surface area (Å²) < 4.78 is 0. The molecule has 0 aromatic heterocycles. The lowest BCUT2D eigenvalue weighted by molar-refractivity contribution is -0.138. The number of carbonyl (C=O) groups excluding carboxylic acids is 1. The molecule has 0 saturated carbocycles. The second kappa shape index (κ2) is 9.81. The van der Waals surface area contributed by atoms with E-state index in [1.54, 1.807) is 0 Å². The lowest BCUT2D eigenvalue weighted by Gasteiger charge is -1.96. The van der Waals surface area contributed by atoms with Gasteiger partial charge >= 0.3 is 11.9 Å². The number of nitrogens with two attached hydrogens (primary N) is 1. The molecule has 0 radical (unpaired) electrons. The fourth-order valence-electron chi connectivity index (χ4n) is 0.207. The zero-order valence-electron chi connectivity index (χ0n) is 7.21. The molecule has 1 amide bonds. The standard InChI is InChI=1S/C3H5NO3.C3H7NO2S/c5-2-4-1-3(6)7;4-2(1-7)3(5)6/h2H,1H2,(H,4,5)(H,6,7);2,7H,1,4H2,(H,5,6). The van der Waals surface area contributed by atoms with Gasteiger partial charge in [0.25, 0.3) is 0 Å². The van der Waals surface area contributed by atoms with E-state index in [4.69, 9.17) is 15.9 Å². The molecule has 0 aromatic rings. The first kappa shape index (κ1) is 15.2. The summed E-state index contributed by atoms with van der Waals surface area (Å²) in [6.45, 7) is -0.302. The van der Waals surface area contributed by atoms with Crippen molar-refractivity contribution in [3.8, 4) is 0 Å². The van der Waals surface area contributed by atoms with Gasteiger partial charge in [-0.2, -0.15) is 12.6 Å². The second-order valence-corrected chi connectivity index (χ2v) is 2.38. The van der Waals surface area contributed by atoms with Crippen LogP contribution >= 0.6 is 12.6 Å². The van der Waals surface area contributed by atoms with Gasteiger partial charge in [0.1, 0.15) is 12.6 Å². The summed E-state index contributed by atoms with van der Waals surface area (Å²) in [5.41, 5.74) is 4.94. The number of hydrogen-bond acceptors (Lipinski definition) is 5. The van der Waals surface area contributed by atoms with Crippen molar-refractivity contribution in [2.24, 2.45) is 5.73 Å². The number of thiol groups is 1. The van der Waals surface area contributed by atoms with E-state index in [0.717, 1.165) is 0 Å². The van der Waals surface area contributed by atoms with Gasteiger partial charge in [0.2, 0.25) is 6.41 Å². The van der Waals surface area contributed by atoms with Gasteiger partial charge in [-0.15, -0.1) is 0 Å². The van der Waals surface area contributed by atoms with Crippen LogP contribution in [-0.2, 0) is 14.4 Å². The van der Waals surface area contributed by atoms with Crippen LogP contribution in [0.4, 0.5) is 0 Å². The van der Waals surface area contributed by atoms with Gasteiger partial charge in [0, 0.05) is 5.75 Å². The molecule has 0 rings (SSSR count). The molecule has 0 bridgehead atoms. The first-order valence-electron chi connectivity index (χ1n) is 3.43. The zero-order valence-corrected chi connectivity index (χ0v) is 8.11. The third-order valence-corrected chi connectivity index (χ3v) is 1.24. The van der Waals surface area contributed by atoms with Crippen molar-refractivity contribution < 1.29 is 24.6 Å². The third-order valence-electron chi connectivity index (χ3n) is 0.851. The fraction of sp³-hybridized carbons (Fsp3) is 0.500. The minimum absolute atomic E-state index is 0.190. The van der Waals surface area contributed by atoms with Crippen molar-refractivity contribution in [2.75, 3.05) is 12.3 Å². The lowest BCUT2D eigenvalue weighted by atomic mass is 10.4. The Morgan fingerprint density at radius 3 is 2.07 bits per heavy atom. The first-order chi connectivity index (χ1) is 6.45. The number of nitrogens with one attached hydrogen (secondary N) is 1. The average Bonchev–Trinajstić information content (AvgIpc) is 2.14. The van der Waals surface area contributed by atoms with E-state index in [0.29, 0.717) is 6.41 Å². The van der Waals surface area contributed by atoms with Gasteiger partial charge in [-0.05, 0) is 0 Å². The van der Waals surface area contributed by atoms with E-state index >= 15 is 0 Å². The third kappa shape index (κ3) is 13.3. The Kier molecular flexibility index (Phi) is 10.6. The molecule has 0 heterocycles. The van der Waals surface area contributed by atoms with Crippen LogP contribution in [0.15, 0.2) is 0 Å². The Morgan fingerprint density at radius 2 is 2.00 bits per heavy atom. The van der Waals surface area contributed by atoms with Gasteiger partial charge in [-0.1, -0.05) is 0 Å². The van der Waals surface area contributed by atoms with Crippen molar-refractivity contribution in [1.29, 1.82) is 0 Å². The van der Waals surface area contributed by atoms with Crippen LogP contribution in [0.2, 0.25) is 0 Å². The molecule has 5 N–H and O–H groups in total. The van der Waals surface area contributed by atoms with Crippen molar-refractivity contribution in [2.45, 2.75) is 6.04 Å². The maximum atomic E-state index is 9.76. The molecular weight excluding hydrogens is 212 g/mol. The van der Waals surface area contributed by atoms with E-state index in [9.17, 15) is 14.4 Å². The molecule has 0 aliphatic rings. The normalized spacial score (nSPS) is 10.4. The molecule has 8 heteroatoms. The van der Waals surface area contributed by atoms with Crippen molar-refractivity contribution >= 4 is 31.0 Å². The number of carbonyl (C=O) groups is 3. The number of carboxylic acid groups (broad SMARTS) is 2. The summed E-state index contributed by atoms with van der Waals surface area (Å²) in [5, 5.41) is 17.8. The number of aliphatic carboxylic acids is 2. The molecule has 7 nitrogen and oxygen atoms in total. The summed E-state index contributed by atoms with van der Waals surface area (Å²) >= 11 is 3.65. The Morgan fingerprint density at radius 1 is 1.50 bits per heavy atom. The first-order valence-corrected chi connectivity index (χ1v) is 4.07. The smallest absolute Gasteiger partial charge is 0.322 e. The van der Waals surface area contributed by atoms with Crippen LogP contribution in [0.3, 0.4) is 0 Å². The maximum absolute atomic E-state index is 9.76. The van der Waals surface area contributed by atoms with Crippen LogP contribution in [0.5, 0.6) is 0 Å². The summed E-state index contributed by atoms with van der Waals surface area (Å²) in [4.78, 5) is 28.6. The number of rotatable bonds is 5. The van der Waals surface area contributed by atoms with E-state index in [-0.39, 0.29) is 12.3 Å². The summed E-state index contributed by atoms with van der Waals surface area (Å²) in [5.74, 6) is -1.85. The quantitative estimate of drug-likeness (QED) is 0.275. The SMILES string of the molecule is NC(CS)C(=O)O.O=CNCC(=O)O. The van der Waals surface area contributed by atoms with Crippen LogP contribution in [0.1, 0.15) is 0 Å². The summed E-state index contributed by atoms with van der Waals surface area (Å²) in [6, 6.07) is -0.816. The topological polar surface area (TPSA) is 130 Å². The minimum atomic E-state index is -1.04. The second-order valence-electron chi connectivity index (χ2n) is 2.02. The molecule has 82 valence electrons. The summed E-state index contributed by atoms with van der Waals surface area (Å²) in [7, 11) is 0. The van der Waals surface area contributed by atoms with Crippen LogP contribution in [0.25, 0.3) is 0 Å². The van der Waals surface area contributed by atoms with Crippen molar-refractivity contribution in [3.63, 3.8) is 0 Å². The van der Waals surface area contributed by atoms with Gasteiger partial charge < -0.3 is 21.3 Å².